The maximum atomic E-state index is 15.9. The molecule has 0 spiro atoms. The predicted octanol–water partition coefficient (Wildman–Crippen LogP) is 0.362. The summed E-state index contributed by atoms with van der Waals surface area (Å²) in [6, 6.07) is 0. The standard InChI is InChI=1S/C21H24F2N10O10P2/c22-10-14-8(41-20(10)32-5-30-12-16(24)26-3-28-18(12)32)2-40-45(36,37)43-15-9(1-39-44(34,35)7-38-14)42-21(11(15)23)33-6-31-13-17(25)27-4-29-19(13)33/h3-6,8-11,14-15,20-21H,1-2,7H2,(H,34,35)(H,36,37)(H2,24,26,28)(H2,25,27,29)/t8-,9-,10+,11+,14?,15?,20-,21-/m1/s1. The van der Waals surface area contributed by atoms with E-state index >= 15 is 8.78 Å². The van der Waals surface area contributed by atoms with Gasteiger partial charge in [0.1, 0.15) is 54.5 Å². The second kappa shape index (κ2) is 11.2. The first kappa shape index (κ1) is 30.4. The van der Waals surface area contributed by atoms with Crippen molar-refractivity contribution in [2.75, 3.05) is 31.0 Å². The second-order valence-corrected chi connectivity index (χ2v) is 13.4. The first-order chi connectivity index (χ1) is 21.4. The summed E-state index contributed by atoms with van der Waals surface area (Å²) in [6.07, 6.45) is -10.2. The van der Waals surface area contributed by atoms with Gasteiger partial charge in [0.25, 0.3) is 0 Å². The molecule has 0 radical (unpaired) electrons. The number of imidazole rings is 2. The minimum atomic E-state index is -5.14. The monoisotopic (exact) mass is 676 g/mol. The quantitative estimate of drug-likeness (QED) is 0.209. The third-order valence-corrected chi connectivity index (χ3v) is 9.40. The smallest absolute Gasteiger partial charge is 0.382 e. The molecule has 0 aliphatic carbocycles. The Kier molecular flexibility index (Phi) is 7.55. The first-order valence-corrected chi connectivity index (χ1v) is 16.4. The molecule has 242 valence electrons. The number of hydrogen-bond acceptors (Lipinski definition) is 16. The summed E-state index contributed by atoms with van der Waals surface area (Å²) in [5.74, 6) is 0.0276. The minimum absolute atomic E-state index is 0.00703. The Labute approximate surface area is 249 Å². The van der Waals surface area contributed by atoms with E-state index in [2.05, 4.69) is 29.9 Å². The van der Waals surface area contributed by atoms with Crippen LogP contribution in [0.4, 0.5) is 20.4 Å². The molecule has 7 heterocycles. The number of nitrogens with two attached hydrogens (primary N) is 2. The van der Waals surface area contributed by atoms with Crippen LogP contribution in [0.3, 0.4) is 0 Å². The third kappa shape index (κ3) is 5.46. The second-order valence-electron chi connectivity index (χ2n) is 10.2. The fourth-order valence-corrected chi connectivity index (χ4v) is 7.07. The van der Waals surface area contributed by atoms with Crippen LogP contribution in [-0.2, 0) is 36.9 Å². The van der Waals surface area contributed by atoms with Gasteiger partial charge in [-0.25, -0.2) is 43.2 Å². The van der Waals surface area contributed by atoms with Gasteiger partial charge in [-0.15, -0.1) is 0 Å². The molecule has 10 atom stereocenters. The van der Waals surface area contributed by atoms with E-state index < -0.39 is 84.2 Å². The third-order valence-electron chi connectivity index (χ3n) is 7.38. The Morgan fingerprint density at radius 3 is 1.87 bits per heavy atom. The van der Waals surface area contributed by atoms with Crippen LogP contribution in [0.5, 0.6) is 0 Å². The summed E-state index contributed by atoms with van der Waals surface area (Å²) < 4.78 is 92.4. The van der Waals surface area contributed by atoms with Crippen LogP contribution in [0.1, 0.15) is 12.5 Å². The highest BCUT2D eigenvalue weighted by Gasteiger charge is 2.53. The number of hydrogen-bond donors (Lipinski definition) is 4. The molecular weight excluding hydrogens is 652 g/mol. The van der Waals surface area contributed by atoms with Crippen molar-refractivity contribution in [3.63, 3.8) is 0 Å². The van der Waals surface area contributed by atoms with Crippen molar-refractivity contribution < 1.29 is 55.5 Å². The van der Waals surface area contributed by atoms with Crippen LogP contribution in [0, 0.1) is 0 Å². The molecule has 3 saturated heterocycles. The van der Waals surface area contributed by atoms with Gasteiger partial charge in [-0.1, -0.05) is 0 Å². The lowest BCUT2D eigenvalue weighted by Gasteiger charge is -2.23. The Morgan fingerprint density at radius 2 is 1.29 bits per heavy atom. The summed E-state index contributed by atoms with van der Waals surface area (Å²) in [5.41, 5.74) is 12.1. The lowest BCUT2D eigenvalue weighted by Crippen LogP contribution is -2.35. The van der Waals surface area contributed by atoms with Crippen molar-refractivity contribution in [2.45, 2.75) is 49.2 Å². The van der Waals surface area contributed by atoms with Crippen molar-refractivity contribution in [1.29, 1.82) is 0 Å². The lowest BCUT2D eigenvalue weighted by molar-refractivity contribution is -0.0580. The molecule has 0 saturated carbocycles. The van der Waals surface area contributed by atoms with Crippen molar-refractivity contribution in [2.24, 2.45) is 0 Å². The topological polar surface area (TPSA) is 269 Å². The van der Waals surface area contributed by atoms with Crippen molar-refractivity contribution in [3.8, 4) is 0 Å². The molecule has 45 heavy (non-hydrogen) atoms. The molecule has 7 rings (SSSR count). The van der Waals surface area contributed by atoms with Gasteiger partial charge in [-0.3, -0.25) is 22.7 Å². The van der Waals surface area contributed by atoms with Gasteiger partial charge in [-0.2, -0.15) is 0 Å². The molecule has 4 aromatic heterocycles. The van der Waals surface area contributed by atoms with Crippen molar-refractivity contribution >= 4 is 49.4 Å². The first-order valence-electron chi connectivity index (χ1n) is 13.1. The summed E-state index contributed by atoms with van der Waals surface area (Å²) in [6.45, 7) is -1.63. The number of rotatable bonds is 2. The average molecular weight is 676 g/mol. The van der Waals surface area contributed by atoms with E-state index in [9.17, 15) is 18.9 Å². The summed E-state index contributed by atoms with van der Waals surface area (Å²) in [4.78, 5) is 44.9. The zero-order valence-corrected chi connectivity index (χ0v) is 24.4. The molecule has 3 fully saturated rings. The van der Waals surface area contributed by atoms with Gasteiger partial charge in [0.2, 0.25) is 0 Å². The highest BCUT2D eigenvalue weighted by atomic mass is 31.2. The molecule has 0 amide bonds. The van der Waals surface area contributed by atoms with E-state index in [1.807, 2.05) is 0 Å². The minimum Gasteiger partial charge on any atom is -0.382 e. The Balaban J connectivity index is 1.16. The van der Waals surface area contributed by atoms with Gasteiger partial charge in [0, 0.05) is 0 Å². The van der Waals surface area contributed by atoms with Crippen LogP contribution < -0.4 is 11.5 Å². The predicted molar refractivity (Wildman–Crippen MR) is 143 cm³/mol. The molecular formula is C21H24F2N10O10P2. The Morgan fingerprint density at radius 1 is 0.778 bits per heavy atom. The Bertz CT molecular complexity index is 1850. The zero-order valence-electron chi connectivity index (χ0n) is 22.6. The molecule has 6 N–H and O–H groups in total. The van der Waals surface area contributed by atoms with Crippen LogP contribution in [0.25, 0.3) is 22.3 Å². The van der Waals surface area contributed by atoms with E-state index in [-0.39, 0.29) is 34.0 Å². The summed E-state index contributed by atoms with van der Waals surface area (Å²) in [7, 11) is -9.81. The van der Waals surface area contributed by atoms with E-state index in [0.29, 0.717) is 0 Å². The number of alkyl halides is 2. The fraction of sp³-hybridized carbons (Fsp3) is 0.524. The van der Waals surface area contributed by atoms with Gasteiger partial charge in [0.05, 0.1) is 25.9 Å². The molecule has 24 heteroatoms. The molecule has 0 bridgehead atoms. The largest absolute Gasteiger partial charge is 0.472 e. The van der Waals surface area contributed by atoms with Crippen LogP contribution in [0.15, 0.2) is 25.3 Å². The number of phosphoric acid groups is 1. The summed E-state index contributed by atoms with van der Waals surface area (Å²) >= 11 is 0. The SMILES string of the molecule is Nc1ncnc2c1ncn2[C@@H]1O[C@@H]2COP(=O)(O)OC3[C@@H](COP(=O)(O)COC2[C@@H]1F)O[C@@H](n1cnc2c(N)ncnc21)[C@H]3F. The van der Waals surface area contributed by atoms with Gasteiger partial charge < -0.3 is 40.0 Å². The molecule has 0 aromatic carbocycles. The van der Waals surface area contributed by atoms with E-state index in [1.54, 1.807) is 0 Å². The van der Waals surface area contributed by atoms with Crippen molar-refractivity contribution in [1.82, 2.24) is 39.0 Å². The number of fused-ring (bicyclic) bond motifs is 4. The maximum absolute atomic E-state index is 15.9. The maximum Gasteiger partial charge on any atom is 0.472 e. The molecule has 3 aliphatic rings. The normalized spacial score (nSPS) is 38.0. The zero-order chi connectivity index (χ0) is 31.7. The van der Waals surface area contributed by atoms with E-state index in [1.165, 1.54) is 10.9 Å². The number of anilines is 2. The van der Waals surface area contributed by atoms with Gasteiger partial charge in [-0.05, 0) is 0 Å². The lowest BCUT2D eigenvalue weighted by atomic mass is 10.1. The Hall–Kier alpha value is -3.30. The van der Waals surface area contributed by atoms with Gasteiger partial charge in [0.15, 0.2) is 47.7 Å². The number of nitrogens with zero attached hydrogens (tertiary/aromatic N) is 8. The number of nitrogen functional groups attached to an aromatic ring is 2. The molecule has 3 aliphatic heterocycles. The highest BCUT2D eigenvalue weighted by Crippen LogP contribution is 2.52. The highest BCUT2D eigenvalue weighted by molar-refractivity contribution is 7.52. The van der Waals surface area contributed by atoms with E-state index in [4.69, 9.17) is 39.2 Å². The number of halogens is 2. The van der Waals surface area contributed by atoms with Gasteiger partial charge >= 0.3 is 15.4 Å². The van der Waals surface area contributed by atoms with E-state index in [0.717, 1.165) is 23.5 Å². The van der Waals surface area contributed by atoms with Crippen LogP contribution in [0.2, 0.25) is 0 Å². The van der Waals surface area contributed by atoms with Crippen LogP contribution >= 0.6 is 15.4 Å². The fourth-order valence-electron chi connectivity index (χ4n) is 5.30. The number of phosphoric ester groups is 1. The van der Waals surface area contributed by atoms with Crippen molar-refractivity contribution in [3.05, 3.63) is 25.3 Å². The van der Waals surface area contributed by atoms with Crippen LogP contribution in [-0.4, -0.2) is 105 Å². The molecule has 4 aromatic rings. The molecule has 20 nitrogen and oxygen atoms in total. The number of ether oxygens (including phenoxy) is 3. The molecule has 4 unspecified atom stereocenters. The average Bonchev–Trinajstić information content (AvgIpc) is 3.75. The number of aromatic nitrogens is 8. The summed E-state index contributed by atoms with van der Waals surface area (Å²) in [5, 5.41) is 0.